The van der Waals surface area contributed by atoms with Crippen molar-refractivity contribution < 1.29 is 14.1 Å². The van der Waals surface area contributed by atoms with Crippen LogP contribution < -0.4 is 10.2 Å². The molecule has 2 aromatic heterocycles. The maximum atomic E-state index is 13.2. The smallest absolute Gasteiger partial charge is 0.274 e. The Kier molecular flexibility index (Phi) is 4.73. The van der Waals surface area contributed by atoms with E-state index in [9.17, 15) is 9.59 Å². The highest BCUT2D eigenvalue weighted by Gasteiger charge is 2.40. The van der Waals surface area contributed by atoms with E-state index in [4.69, 9.17) is 4.52 Å². The van der Waals surface area contributed by atoms with Gasteiger partial charge in [-0.1, -0.05) is 41.6 Å². The fourth-order valence-electron chi connectivity index (χ4n) is 4.14. The highest BCUT2D eigenvalue weighted by atomic mass is 16.5. The molecule has 2 aliphatic rings. The molecule has 0 spiro atoms. The van der Waals surface area contributed by atoms with E-state index in [0.717, 1.165) is 16.7 Å². The Morgan fingerprint density at radius 1 is 1.26 bits per heavy atom. The molecule has 7 nitrogen and oxygen atoms in total. The molecule has 1 aromatic carbocycles. The lowest BCUT2D eigenvalue weighted by atomic mass is 9.89. The van der Waals surface area contributed by atoms with Crippen LogP contribution in [0.4, 0.5) is 5.82 Å². The van der Waals surface area contributed by atoms with Gasteiger partial charge in [0.15, 0.2) is 5.69 Å². The van der Waals surface area contributed by atoms with Gasteiger partial charge in [-0.15, -0.1) is 5.73 Å². The van der Waals surface area contributed by atoms with Crippen molar-refractivity contribution in [1.29, 1.82) is 0 Å². The van der Waals surface area contributed by atoms with E-state index in [1.807, 2.05) is 48.5 Å². The molecule has 0 bridgehead atoms. The van der Waals surface area contributed by atoms with Crippen LogP contribution in [0, 0.1) is 0 Å². The van der Waals surface area contributed by atoms with Gasteiger partial charge >= 0.3 is 0 Å². The van der Waals surface area contributed by atoms with Gasteiger partial charge in [-0.05, 0) is 24.1 Å². The molecule has 1 N–H and O–H groups in total. The molecule has 154 valence electrons. The Bertz CT molecular complexity index is 1220. The SMILES string of the molecule is CN1C(=O)[C@H](NC(=O)c2cc(Cc3ccccc3)on2)C2=C=CC[C@@H]2c2cccnc21. The van der Waals surface area contributed by atoms with Crippen LogP contribution in [-0.2, 0) is 11.2 Å². The molecule has 0 unspecified atom stereocenters. The van der Waals surface area contributed by atoms with Gasteiger partial charge in [0, 0.05) is 42.8 Å². The lowest BCUT2D eigenvalue weighted by Gasteiger charge is -2.21. The van der Waals surface area contributed by atoms with Crippen molar-refractivity contribution in [3.05, 3.63) is 94.7 Å². The summed E-state index contributed by atoms with van der Waals surface area (Å²) in [5, 5.41) is 6.75. The minimum absolute atomic E-state index is 0.0474. The number of nitrogens with zero attached hydrogens (tertiary/aromatic N) is 3. The third-order valence-electron chi connectivity index (χ3n) is 5.68. The third kappa shape index (κ3) is 3.45. The van der Waals surface area contributed by atoms with E-state index in [2.05, 4.69) is 21.2 Å². The van der Waals surface area contributed by atoms with E-state index in [-0.39, 0.29) is 17.5 Å². The number of anilines is 1. The number of likely N-dealkylation sites (N-methyl/N-ethyl adjacent to an activating group) is 1. The van der Waals surface area contributed by atoms with Crippen LogP contribution in [0.5, 0.6) is 0 Å². The number of carbonyl (C=O) groups excluding carboxylic acids is 2. The third-order valence-corrected chi connectivity index (χ3v) is 5.68. The molecule has 0 fully saturated rings. The molecule has 1 aliphatic carbocycles. The number of aromatic nitrogens is 2. The van der Waals surface area contributed by atoms with E-state index < -0.39 is 11.9 Å². The van der Waals surface area contributed by atoms with E-state index in [1.165, 1.54) is 4.90 Å². The van der Waals surface area contributed by atoms with Crippen molar-refractivity contribution >= 4 is 17.6 Å². The summed E-state index contributed by atoms with van der Waals surface area (Å²) in [4.78, 5) is 32.0. The Hall–Kier alpha value is -3.96. The Morgan fingerprint density at radius 3 is 2.94 bits per heavy atom. The van der Waals surface area contributed by atoms with E-state index >= 15 is 0 Å². The lowest BCUT2D eigenvalue weighted by Crippen LogP contribution is -2.48. The summed E-state index contributed by atoms with van der Waals surface area (Å²) in [6.07, 6.45) is 4.81. The van der Waals surface area contributed by atoms with Crippen LogP contribution in [0.3, 0.4) is 0 Å². The van der Waals surface area contributed by atoms with Crippen LogP contribution in [0.15, 0.2) is 76.6 Å². The second kappa shape index (κ2) is 7.70. The number of hydrogen-bond acceptors (Lipinski definition) is 5. The first-order chi connectivity index (χ1) is 15.1. The van der Waals surface area contributed by atoms with Gasteiger partial charge < -0.3 is 9.84 Å². The maximum absolute atomic E-state index is 13.2. The number of hydrogen-bond donors (Lipinski definition) is 1. The van der Waals surface area contributed by atoms with E-state index in [0.29, 0.717) is 24.4 Å². The van der Waals surface area contributed by atoms with Crippen LogP contribution >= 0.6 is 0 Å². The number of rotatable bonds is 4. The summed E-state index contributed by atoms with van der Waals surface area (Å²) < 4.78 is 5.34. The molecule has 2 atom stereocenters. The molecule has 0 saturated heterocycles. The first-order valence-electron chi connectivity index (χ1n) is 10.1. The number of carbonyl (C=O) groups is 2. The fourth-order valence-corrected chi connectivity index (χ4v) is 4.14. The normalized spacial score (nSPS) is 19.5. The van der Waals surface area contributed by atoms with Crippen molar-refractivity contribution in [2.75, 3.05) is 11.9 Å². The van der Waals surface area contributed by atoms with Gasteiger partial charge in [-0.25, -0.2) is 4.98 Å². The summed E-state index contributed by atoms with van der Waals surface area (Å²) in [6.45, 7) is 0. The van der Waals surface area contributed by atoms with Crippen LogP contribution in [0.2, 0.25) is 0 Å². The zero-order valence-electron chi connectivity index (χ0n) is 16.9. The number of benzene rings is 1. The lowest BCUT2D eigenvalue weighted by molar-refractivity contribution is -0.119. The minimum Gasteiger partial charge on any atom is -0.360 e. The summed E-state index contributed by atoms with van der Waals surface area (Å²) in [5.74, 6) is 0.412. The minimum atomic E-state index is -0.843. The van der Waals surface area contributed by atoms with Gasteiger partial charge in [0.05, 0.1) is 0 Å². The molecule has 2 amide bonds. The number of nitrogens with one attached hydrogen (secondary N) is 1. The molecule has 5 rings (SSSR count). The molecule has 3 heterocycles. The first kappa shape index (κ1) is 19.0. The van der Waals surface area contributed by atoms with Crippen molar-refractivity contribution in [3.8, 4) is 0 Å². The van der Waals surface area contributed by atoms with Gasteiger partial charge in [0.1, 0.15) is 17.6 Å². The van der Waals surface area contributed by atoms with Crippen molar-refractivity contribution in [2.45, 2.75) is 24.8 Å². The van der Waals surface area contributed by atoms with Crippen molar-refractivity contribution in [2.24, 2.45) is 0 Å². The summed E-state index contributed by atoms with van der Waals surface area (Å²) >= 11 is 0. The number of amides is 2. The molecule has 1 aliphatic heterocycles. The fraction of sp³-hybridized carbons (Fsp3) is 0.208. The summed E-state index contributed by atoms with van der Waals surface area (Å²) in [7, 11) is 1.67. The molecular formula is C24H20N4O3. The molecule has 31 heavy (non-hydrogen) atoms. The Labute approximate surface area is 179 Å². The van der Waals surface area contributed by atoms with Gasteiger partial charge in [-0.3, -0.25) is 14.5 Å². The average molecular weight is 412 g/mol. The van der Waals surface area contributed by atoms with Crippen molar-refractivity contribution in [1.82, 2.24) is 15.5 Å². The second-order valence-electron chi connectivity index (χ2n) is 7.65. The predicted octanol–water partition coefficient (Wildman–Crippen LogP) is 3.00. The zero-order chi connectivity index (χ0) is 21.4. The molecule has 7 heteroatoms. The number of pyridine rings is 1. The zero-order valence-corrected chi connectivity index (χ0v) is 16.9. The van der Waals surface area contributed by atoms with E-state index in [1.54, 1.807) is 19.3 Å². The number of fused-ring (bicyclic) bond motifs is 3. The quantitative estimate of drug-likeness (QED) is 0.666. The highest BCUT2D eigenvalue weighted by Crippen LogP contribution is 2.40. The van der Waals surface area contributed by atoms with Gasteiger partial charge in [0.25, 0.3) is 11.8 Å². The molecule has 0 radical (unpaired) electrons. The predicted molar refractivity (Wildman–Crippen MR) is 114 cm³/mol. The molecule has 3 aromatic rings. The van der Waals surface area contributed by atoms with Crippen LogP contribution in [-0.4, -0.2) is 35.0 Å². The second-order valence-corrected chi connectivity index (χ2v) is 7.65. The largest absolute Gasteiger partial charge is 0.360 e. The monoisotopic (exact) mass is 412 g/mol. The topological polar surface area (TPSA) is 88.3 Å². The van der Waals surface area contributed by atoms with Gasteiger partial charge in [-0.2, -0.15) is 0 Å². The highest BCUT2D eigenvalue weighted by molar-refractivity contribution is 6.04. The first-order valence-corrected chi connectivity index (χ1v) is 10.1. The maximum Gasteiger partial charge on any atom is 0.274 e. The van der Waals surface area contributed by atoms with Crippen LogP contribution in [0.25, 0.3) is 0 Å². The molecule has 0 saturated carbocycles. The van der Waals surface area contributed by atoms with Crippen LogP contribution in [0.1, 0.15) is 39.7 Å². The standard InChI is InChI=1S/C24H20N4O3/c1-28-22-19(11-6-12-25-22)17-9-5-10-18(17)21(24(28)30)26-23(29)20-14-16(31-27-20)13-15-7-3-2-4-8-15/h2-8,11-12,14,17,21H,9,13H2,1H3,(H,26,29)/t17-,21+/m0/s1. The Morgan fingerprint density at radius 2 is 2.10 bits per heavy atom. The summed E-state index contributed by atoms with van der Waals surface area (Å²) in [5.41, 5.74) is 6.09. The average Bonchev–Trinajstić information content (AvgIpc) is 3.45. The summed E-state index contributed by atoms with van der Waals surface area (Å²) in [6, 6.07) is 14.4. The Balaban J connectivity index is 1.39. The van der Waals surface area contributed by atoms with Crippen molar-refractivity contribution in [3.63, 3.8) is 0 Å². The van der Waals surface area contributed by atoms with Gasteiger partial charge in [0.2, 0.25) is 0 Å². The molecular weight excluding hydrogens is 392 g/mol.